The van der Waals surface area contributed by atoms with Crippen LogP contribution in [0.2, 0.25) is 0 Å². The van der Waals surface area contributed by atoms with E-state index in [1.165, 1.54) is 0 Å². The molecule has 3 nitrogen and oxygen atoms in total. The Morgan fingerprint density at radius 1 is 1.50 bits per heavy atom. The summed E-state index contributed by atoms with van der Waals surface area (Å²) in [7, 11) is 1.90. The van der Waals surface area contributed by atoms with Crippen LogP contribution in [-0.2, 0) is 4.79 Å². The number of hydrogen-bond donors (Lipinski definition) is 1. The Labute approximate surface area is 74.1 Å². The number of rotatable bonds is 2. The van der Waals surface area contributed by atoms with Crippen LogP contribution in [0.4, 0.5) is 0 Å². The first-order chi connectivity index (χ1) is 5.70. The molecule has 3 heteroatoms. The van der Waals surface area contributed by atoms with Crippen molar-refractivity contribution in [1.82, 2.24) is 10.2 Å². The fraction of sp³-hybridized carbons (Fsp3) is 0.889. The van der Waals surface area contributed by atoms with Crippen LogP contribution >= 0.6 is 0 Å². The molecule has 0 aromatic heterocycles. The average Bonchev–Trinajstić information content (AvgIpc) is 2.10. The van der Waals surface area contributed by atoms with Gasteiger partial charge in [-0.25, -0.2) is 0 Å². The molecule has 1 heterocycles. The highest BCUT2D eigenvalue weighted by Crippen LogP contribution is 2.10. The van der Waals surface area contributed by atoms with Crippen LogP contribution in [0.5, 0.6) is 0 Å². The minimum Gasteiger partial charge on any atom is -0.340 e. The van der Waals surface area contributed by atoms with E-state index in [4.69, 9.17) is 0 Å². The summed E-state index contributed by atoms with van der Waals surface area (Å²) in [6.45, 7) is 5.09. The molecule has 1 aliphatic rings. The fourth-order valence-corrected chi connectivity index (χ4v) is 1.67. The molecule has 1 saturated heterocycles. The second-order valence-corrected chi connectivity index (χ2v) is 3.38. The Morgan fingerprint density at radius 2 is 2.17 bits per heavy atom. The highest BCUT2D eigenvalue weighted by atomic mass is 16.2. The van der Waals surface area contributed by atoms with Crippen molar-refractivity contribution >= 4 is 5.91 Å². The monoisotopic (exact) mass is 170 g/mol. The molecule has 1 amide bonds. The lowest BCUT2D eigenvalue weighted by molar-refractivity contribution is -0.137. The third-order valence-electron chi connectivity index (χ3n) is 2.67. The standard InChI is InChI=1S/C9H18N2O/c1-4-7-6-10-8(5-2)9(12)11(7)3/h7-8,10H,4-6H2,1-3H3/t7-,8+/m1/s1. The largest absolute Gasteiger partial charge is 0.340 e. The van der Waals surface area contributed by atoms with Crippen LogP contribution in [0.25, 0.3) is 0 Å². The molecule has 70 valence electrons. The minimum absolute atomic E-state index is 0.0535. The maximum atomic E-state index is 11.6. The minimum atomic E-state index is 0.0535. The Kier molecular flexibility index (Phi) is 3.09. The SMILES string of the molecule is CC[C@@H]1CN[C@@H](CC)C(=O)N1C. The van der Waals surface area contributed by atoms with Crippen LogP contribution in [0, 0.1) is 0 Å². The van der Waals surface area contributed by atoms with Gasteiger partial charge in [0.2, 0.25) is 5.91 Å². The topological polar surface area (TPSA) is 32.3 Å². The van der Waals surface area contributed by atoms with Gasteiger partial charge in [0, 0.05) is 19.6 Å². The molecule has 0 saturated carbocycles. The van der Waals surface area contributed by atoms with Crippen LogP contribution in [0.3, 0.4) is 0 Å². The third kappa shape index (κ3) is 1.61. The number of piperazine rings is 1. The molecule has 0 aromatic carbocycles. The molecule has 0 aromatic rings. The predicted octanol–water partition coefficient (Wildman–Crippen LogP) is 0.605. The summed E-state index contributed by atoms with van der Waals surface area (Å²) in [5.74, 6) is 0.246. The summed E-state index contributed by atoms with van der Waals surface area (Å²) < 4.78 is 0. The molecule has 1 rings (SSSR count). The van der Waals surface area contributed by atoms with Crippen molar-refractivity contribution in [3.8, 4) is 0 Å². The normalized spacial score (nSPS) is 30.9. The number of nitrogens with zero attached hydrogens (tertiary/aromatic N) is 1. The van der Waals surface area contributed by atoms with Gasteiger partial charge in [0.1, 0.15) is 0 Å². The van der Waals surface area contributed by atoms with Gasteiger partial charge in [0.25, 0.3) is 0 Å². The summed E-state index contributed by atoms with van der Waals surface area (Å²) >= 11 is 0. The van der Waals surface area contributed by atoms with E-state index < -0.39 is 0 Å². The first-order valence-electron chi connectivity index (χ1n) is 4.70. The summed E-state index contributed by atoms with van der Waals surface area (Å²) in [6.07, 6.45) is 1.92. The van der Waals surface area contributed by atoms with E-state index in [2.05, 4.69) is 12.2 Å². The van der Waals surface area contributed by atoms with E-state index in [0.717, 1.165) is 19.4 Å². The second kappa shape index (κ2) is 3.90. The summed E-state index contributed by atoms with van der Waals surface area (Å²) in [5.41, 5.74) is 0. The smallest absolute Gasteiger partial charge is 0.239 e. The van der Waals surface area contributed by atoms with Gasteiger partial charge >= 0.3 is 0 Å². The lowest BCUT2D eigenvalue weighted by Crippen LogP contribution is -2.58. The molecular weight excluding hydrogens is 152 g/mol. The van der Waals surface area contributed by atoms with Crippen LogP contribution in [-0.4, -0.2) is 36.5 Å². The maximum Gasteiger partial charge on any atom is 0.239 e. The van der Waals surface area contributed by atoms with E-state index in [1.807, 2.05) is 18.9 Å². The van der Waals surface area contributed by atoms with Crippen LogP contribution < -0.4 is 5.32 Å². The van der Waals surface area contributed by atoms with Gasteiger partial charge in [0.05, 0.1) is 6.04 Å². The van der Waals surface area contributed by atoms with Crippen molar-refractivity contribution in [2.45, 2.75) is 38.8 Å². The molecule has 0 aliphatic carbocycles. The van der Waals surface area contributed by atoms with E-state index in [0.29, 0.717) is 6.04 Å². The third-order valence-corrected chi connectivity index (χ3v) is 2.67. The van der Waals surface area contributed by atoms with Crippen LogP contribution in [0.15, 0.2) is 0 Å². The van der Waals surface area contributed by atoms with Gasteiger partial charge < -0.3 is 10.2 Å². The van der Waals surface area contributed by atoms with Crippen molar-refractivity contribution in [2.75, 3.05) is 13.6 Å². The zero-order chi connectivity index (χ0) is 9.14. The van der Waals surface area contributed by atoms with Crippen LogP contribution in [0.1, 0.15) is 26.7 Å². The first-order valence-corrected chi connectivity index (χ1v) is 4.70. The zero-order valence-electron chi connectivity index (χ0n) is 8.13. The lowest BCUT2D eigenvalue weighted by Gasteiger charge is -2.36. The van der Waals surface area contributed by atoms with E-state index in [1.54, 1.807) is 0 Å². The Hall–Kier alpha value is -0.570. The molecular formula is C9H18N2O. The van der Waals surface area contributed by atoms with Gasteiger partial charge in [-0.3, -0.25) is 4.79 Å². The average molecular weight is 170 g/mol. The molecule has 0 radical (unpaired) electrons. The van der Waals surface area contributed by atoms with Gasteiger partial charge in [-0.15, -0.1) is 0 Å². The van der Waals surface area contributed by atoms with Crippen molar-refractivity contribution < 1.29 is 4.79 Å². The first kappa shape index (κ1) is 9.52. The number of likely N-dealkylation sites (N-methyl/N-ethyl adjacent to an activating group) is 1. The molecule has 0 spiro atoms. The molecule has 2 atom stereocenters. The quantitative estimate of drug-likeness (QED) is 0.658. The highest BCUT2D eigenvalue weighted by molar-refractivity contribution is 5.82. The summed E-state index contributed by atoms with van der Waals surface area (Å²) in [6, 6.07) is 0.443. The van der Waals surface area contributed by atoms with Crippen molar-refractivity contribution in [3.63, 3.8) is 0 Å². The zero-order valence-corrected chi connectivity index (χ0v) is 8.13. The number of carbonyl (C=O) groups excluding carboxylic acids is 1. The van der Waals surface area contributed by atoms with Gasteiger partial charge in [-0.05, 0) is 12.8 Å². The number of amides is 1. The summed E-state index contributed by atoms with van der Waals surface area (Å²) in [4.78, 5) is 13.5. The fourth-order valence-electron chi connectivity index (χ4n) is 1.67. The van der Waals surface area contributed by atoms with Gasteiger partial charge in [-0.2, -0.15) is 0 Å². The molecule has 1 N–H and O–H groups in total. The molecule has 0 unspecified atom stereocenters. The Balaban J connectivity index is 2.59. The summed E-state index contributed by atoms with van der Waals surface area (Å²) in [5, 5.41) is 3.26. The molecule has 0 bridgehead atoms. The highest BCUT2D eigenvalue weighted by Gasteiger charge is 2.29. The van der Waals surface area contributed by atoms with Crippen molar-refractivity contribution in [2.24, 2.45) is 0 Å². The number of nitrogens with one attached hydrogen (secondary N) is 1. The predicted molar refractivity (Wildman–Crippen MR) is 48.9 cm³/mol. The van der Waals surface area contributed by atoms with Gasteiger partial charge in [0.15, 0.2) is 0 Å². The molecule has 1 fully saturated rings. The Morgan fingerprint density at radius 3 is 2.67 bits per heavy atom. The Bertz CT molecular complexity index is 170. The molecule has 1 aliphatic heterocycles. The number of carbonyl (C=O) groups is 1. The second-order valence-electron chi connectivity index (χ2n) is 3.38. The van der Waals surface area contributed by atoms with Gasteiger partial charge in [-0.1, -0.05) is 13.8 Å². The van der Waals surface area contributed by atoms with Crippen molar-refractivity contribution in [3.05, 3.63) is 0 Å². The van der Waals surface area contributed by atoms with E-state index in [-0.39, 0.29) is 11.9 Å². The van der Waals surface area contributed by atoms with Crippen molar-refractivity contribution in [1.29, 1.82) is 0 Å². The maximum absolute atomic E-state index is 11.6. The lowest BCUT2D eigenvalue weighted by atomic mass is 10.1. The van der Waals surface area contributed by atoms with E-state index in [9.17, 15) is 4.79 Å². The number of hydrogen-bond acceptors (Lipinski definition) is 2. The van der Waals surface area contributed by atoms with E-state index >= 15 is 0 Å². The molecule has 12 heavy (non-hydrogen) atoms.